The number of carbonyl (C=O) groups is 1. The zero-order chi connectivity index (χ0) is 26.4. The topological polar surface area (TPSA) is 110 Å². The first-order valence-electron chi connectivity index (χ1n) is 12.3. The van der Waals surface area contributed by atoms with E-state index >= 15 is 0 Å². The van der Waals surface area contributed by atoms with Gasteiger partial charge in [0.05, 0.1) is 12.2 Å². The first-order valence-corrected chi connectivity index (χ1v) is 12.3. The number of hydrogen-bond donors (Lipinski definition) is 3. The summed E-state index contributed by atoms with van der Waals surface area (Å²) in [4.78, 5) is 28.3. The van der Waals surface area contributed by atoms with E-state index in [1.54, 1.807) is 49.3 Å². The van der Waals surface area contributed by atoms with Crippen molar-refractivity contribution in [2.24, 2.45) is 0 Å². The first-order chi connectivity index (χ1) is 17.8. The summed E-state index contributed by atoms with van der Waals surface area (Å²) >= 11 is 0. The smallest absolute Gasteiger partial charge is 0.229 e. The van der Waals surface area contributed by atoms with Gasteiger partial charge in [0.15, 0.2) is 11.6 Å². The molecule has 1 fully saturated rings. The largest absolute Gasteiger partial charge is 0.384 e. The van der Waals surface area contributed by atoms with E-state index in [9.17, 15) is 9.90 Å². The van der Waals surface area contributed by atoms with Gasteiger partial charge in [-0.25, -0.2) is 20.0 Å². The fraction of sp³-hybridized carbons (Fsp3) is 0.333. The number of amides is 1. The molecule has 1 aliphatic heterocycles. The van der Waals surface area contributed by atoms with E-state index in [4.69, 9.17) is 4.98 Å². The lowest BCUT2D eigenvalue weighted by atomic mass is 10.1. The maximum atomic E-state index is 12.1. The molecule has 10 nitrogen and oxygen atoms in total. The van der Waals surface area contributed by atoms with E-state index in [1.807, 2.05) is 19.1 Å². The molecule has 194 valence electrons. The van der Waals surface area contributed by atoms with Crippen LogP contribution < -0.4 is 20.5 Å². The quantitative estimate of drug-likeness (QED) is 0.219. The normalized spacial score (nSPS) is 13.7. The van der Waals surface area contributed by atoms with Crippen LogP contribution in [0.25, 0.3) is 0 Å². The van der Waals surface area contributed by atoms with Crippen molar-refractivity contribution in [3.8, 4) is 0 Å². The van der Waals surface area contributed by atoms with Crippen LogP contribution in [0.1, 0.15) is 25.1 Å². The summed E-state index contributed by atoms with van der Waals surface area (Å²) in [7, 11) is 0. The van der Waals surface area contributed by atoms with E-state index in [-0.39, 0.29) is 6.54 Å². The molecular weight excluding hydrogens is 468 g/mol. The molecule has 0 atom stereocenters. The van der Waals surface area contributed by atoms with Gasteiger partial charge in [0.25, 0.3) is 0 Å². The Labute approximate surface area is 217 Å². The monoisotopic (exact) mass is 502 g/mol. The maximum Gasteiger partial charge on any atom is 0.229 e. The molecule has 2 aromatic heterocycles. The molecule has 3 aromatic rings. The maximum absolute atomic E-state index is 12.1. The molecule has 0 radical (unpaired) electrons. The molecule has 1 amide bonds. The second-order valence-corrected chi connectivity index (χ2v) is 9.38. The summed E-state index contributed by atoms with van der Waals surface area (Å²) in [5.41, 5.74) is 2.07. The van der Waals surface area contributed by atoms with Crippen molar-refractivity contribution in [2.75, 3.05) is 47.9 Å². The van der Waals surface area contributed by atoms with Crippen molar-refractivity contribution in [1.82, 2.24) is 25.3 Å². The molecule has 0 spiro atoms. The number of carbonyl (C=O) groups excluding carboxylic acids is 1. The van der Waals surface area contributed by atoms with Crippen molar-refractivity contribution in [3.05, 3.63) is 72.6 Å². The van der Waals surface area contributed by atoms with Gasteiger partial charge in [-0.3, -0.25) is 4.79 Å². The molecule has 0 unspecified atom stereocenters. The minimum Gasteiger partial charge on any atom is -0.384 e. The van der Waals surface area contributed by atoms with E-state index in [0.29, 0.717) is 29.7 Å². The molecule has 3 N–H and O–H groups in total. The Morgan fingerprint density at radius 1 is 1.16 bits per heavy atom. The van der Waals surface area contributed by atoms with Gasteiger partial charge in [0.2, 0.25) is 12.4 Å². The highest BCUT2D eigenvalue weighted by molar-refractivity contribution is 5.67. The number of hydrazine groups is 1. The van der Waals surface area contributed by atoms with Crippen LogP contribution in [0.3, 0.4) is 0 Å². The lowest BCUT2D eigenvalue weighted by Crippen LogP contribution is -2.43. The van der Waals surface area contributed by atoms with Crippen molar-refractivity contribution in [1.29, 1.82) is 0 Å². The number of rotatable bonds is 10. The average Bonchev–Trinajstić information content (AvgIpc) is 2.90. The molecule has 0 saturated carbocycles. The Bertz CT molecular complexity index is 1220. The third kappa shape index (κ3) is 6.22. The zero-order valence-electron chi connectivity index (χ0n) is 21.6. The molecule has 0 aliphatic carbocycles. The van der Waals surface area contributed by atoms with Crippen molar-refractivity contribution in [2.45, 2.75) is 26.4 Å². The highest BCUT2D eigenvalue weighted by Crippen LogP contribution is 2.30. The Balaban J connectivity index is 1.66. The Morgan fingerprint density at radius 3 is 2.54 bits per heavy atom. The lowest BCUT2D eigenvalue weighted by Gasteiger charge is -2.33. The van der Waals surface area contributed by atoms with Gasteiger partial charge in [0, 0.05) is 49.3 Å². The Hall–Kier alpha value is -4.02. The van der Waals surface area contributed by atoms with E-state index in [1.165, 1.54) is 10.7 Å². The summed E-state index contributed by atoms with van der Waals surface area (Å²) < 4.78 is 0. The fourth-order valence-electron chi connectivity index (χ4n) is 4.06. The van der Waals surface area contributed by atoms with Crippen molar-refractivity contribution < 1.29 is 9.90 Å². The number of anilines is 5. The number of nitrogens with zero attached hydrogens (tertiary/aromatic N) is 6. The number of pyridine rings is 1. The number of piperazine rings is 1. The highest BCUT2D eigenvalue weighted by atomic mass is 16.3. The number of nitrogens with one attached hydrogen (secondary N) is 2. The van der Waals surface area contributed by atoms with Crippen LogP contribution in [-0.4, -0.2) is 64.2 Å². The molecule has 4 rings (SSSR count). The van der Waals surface area contributed by atoms with Crippen LogP contribution >= 0.6 is 0 Å². The van der Waals surface area contributed by atoms with Gasteiger partial charge >= 0.3 is 0 Å². The average molecular weight is 503 g/mol. The lowest BCUT2D eigenvalue weighted by molar-refractivity contribution is -0.117. The number of aliphatic hydroxyl groups is 1. The van der Waals surface area contributed by atoms with Gasteiger partial charge in [-0.2, -0.15) is 4.98 Å². The first kappa shape index (κ1) is 26.1. The van der Waals surface area contributed by atoms with Crippen LogP contribution in [0.15, 0.2) is 61.3 Å². The van der Waals surface area contributed by atoms with E-state index in [0.717, 1.165) is 37.4 Å². The summed E-state index contributed by atoms with van der Waals surface area (Å²) in [5, 5.41) is 20.2. The summed E-state index contributed by atoms with van der Waals surface area (Å²) in [6.45, 7) is 13.1. The molecule has 3 heterocycles. The summed E-state index contributed by atoms with van der Waals surface area (Å²) in [5.74, 6) is 1.29. The van der Waals surface area contributed by atoms with Crippen molar-refractivity contribution in [3.63, 3.8) is 0 Å². The molecule has 1 saturated heterocycles. The molecule has 0 bridgehead atoms. The molecule has 10 heteroatoms. The SMILES string of the molecule is C=CCN(C=O)N(c1cccc(C(C)(C)O)n1)c1nc(Nc2ccc(N3CCNCC3)cc2)ncc1C. The number of aromatic nitrogens is 3. The van der Waals surface area contributed by atoms with Crippen LogP contribution in [0, 0.1) is 6.92 Å². The van der Waals surface area contributed by atoms with Gasteiger partial charge in [-0.15, -0.1) is 6.58 Å². The molecular formula is C27H34N8O2. The van der Waals surface area contributed by atoms with Gasteiger partial charge in [-0.05, 0) is 57.2 Å². The minimum absolute atomic E-state index is 0.234. The van der Waals surface area contributed by atoms with Crippen LogP contribution in [-0.2, 0) is 10.4 Å². The molecule has 1 aromatic carbocycles. The predicted molar refractivity (Wildman–Crippen MR) is 146 cm³/mol. The molecule has 37 heavy (non-hydrogen) atoms. The van der Waals surface area contributed by atoms with Crippen LogP contribution in [0.5, 0.6) is 0 Å². The van der Waals surface area contributed by atoms with Crippen LogP contribution in [0.2, 0.25) is 0 Å². The number of aryl methyl sites for hydroxylation is 1. The third-order valence-corrected chi connectivity index (χ3v) is 6.02. The minimum atomic E-state index is -1.16. The van der Waals surface area contributed by atoms with E-state index in [2.05, 4.69) is 44.2 Å². The van der Waals surface area contributed by atoms with Gasteiger partial charge in [-0.1, -0.05) is 12.1 Å². The second kappa shape index (κ2) is 11.4. The van der Waals surface area contributed by atoms with Gasteiger partial charge < -0.3 is 20.6 Å². The van der Waals surface area contributed by atoms with Gasteiger partial charge in [0.1, 0.15) is 5.60 Å². The summed E-state index contributed by atoms with van der Waals surface area (Å²) in [6.07, 6.45) is 4.02. The van der Waals surface area contributed by atoms with Crippen molar-refractivity contribution >= 4 is 35.4 Å². The standard InChI is InChI=1S/C27H34N8O2/c1-5-15-34(19-36)35(24-8-6-7-23(31-24)27(3,4)37)25-20(2)18-29-26(32-25)30-21-9-11-22(12-10-21)33-16-13-28-14-17-33/h5-12,18-19,28,37H,1,13-17H2,2-4H3,(H,29,30,32). The predicted octanol–water partition coefficient (Wildman–Crippen LogP) is 3.26. The Morgan fingerprint density at radius 2 is 1.89 bits per heavy atom. The summed E-state index contributed by atoms with van der Waals surface area (Å²) in [6, 6.07) is 13.5. The molecule has 1 aliphatic rings. The van der Waals surface area contributed by atoms with E-state index < -0.39 is 5.60 Å². The number of benzene rings is 1. The highest BCUT2D eigenvalue weighted by Gasteiger charge is 2.25. The second-order valence-electron chi connectivity index (χ2n) is 9.38. The Kier molecular flexibility index (Phi) is 8.00. The zero-order valence-corrected chi connectivity index (χ0v) is 21.6. The fourth-order valence-corrected chi connectivity index (χ4v) is 4.06. The third-order valence-electron chi connectivity index (χ3n) is 6.02. The number of hydrogen-bond acceptors (Lipinski definition) is 9. The van der Waals surface area contributed by atoms with Crippen LogP contribution in [0.4, 0.5) is 29.0 Å².